The molecule has 204 valence electrons. The number of hydrogen-bond acceptors (Lipinski definition) is 6. The first-order valence-corrected chi connectivity index (χ1v) is 14.7. The Labute approximate surface area is 252 Å². The molecule has 0 unspecified atom stereocenters. The largest absolute Gasteiger partial charge is 0.488 e. The highest BCUT2D eigenvalue weighted by atomic mass is 79.9. The predicted octanol–water partition coefficient (Wildman–Crippen LogP) is 6.45. The summed E-state index contributed by atoms with van der Waals surface area (Å²) < 4.78 is 14.4. The van der Waals surface area contributed by atoms with Crippen molar-refractivity contribution in [1.29, 1.82) is 0 Å². The number of benzene rings is 3. The average Bonchev–Trinajstić information content (AvgIpc) is 3.23. The van der Waals surface area contributed by atoms with Gasteiger partial charge in [-0.25, -0.2) is 9.79 Å². The number of allylic oxidation sites excluding steroid dienone is 1. The van der Waals surface area contributed by atoms with Crippen LogP contribution in [0.3, 0.4) is 0 Å². The lowest BCUT2D eigenvalue weighted by Gasteiger charge is -2.24. The van der Waals surface area contributed by atoms with E-state index in [1.54, 1.807) is 36.6 Å². The lowest BCUT2D eigenvalue weighted by atomic mass is 9.96. The maximum atomic E-state index is 13.9. The van der Waals surface area contributed by atoms with Crippen molar-refractivity contribution in [2.45, 2.75) is 26.5 Å². The van der Waals surface area contributed by atoms with Crippen LogP contribution in [-0.4, -0.2) is 17.1 Å². The first kappa shape index (κ1) is 28.4. The molecule has 1 aliphatic heterocycles. The molecule has 0 fully saturated rings. The molecular weight excluding hydrogens is 635 g/mol. The first-order valence-electron chi connectivity index (χ1n) is 12.4. The lowest BCUT2D eigenvalue weighted by molar-refractivity contribution is -0.139. The molecule has 6 nitrogen and oxygen atoms in total. The number of aromatic nitrogens is 1. The van der Waals surface area contributed by atoms with Crippen LogP contribution in [0.4, 0.5) is 0 Å². The summed E-state index contributed by atoms with van der Waals surface area (Å²) in [6.07, 6.45) is 1.78. The third-order valence-electron chi connectivity index (χ3n) is 6.31. The number of rotatable bonds is 7. The fourth-order valence-electron chi connectivity index (χ4n) is 4.42. The zero-order chi connectivity index (χ0) is 28.4. The number of thiazole rings is 1. The molecule has 0 bridgehead atoms. The van der Waals surface area contributed by atoms with E-state index in [0.29, 0.717) is 36.4 Å². The van der Waals surface area contributed by atoms with Gasteiger partial charge in [0.15, 0.2) is 4.80 Å². The summed E-state index contributed by atoms with van der Waals surface area (Å²) in [6, 6.07) is 19.5. The summed E-state index contributed by atoms with van der Waals surface area (Å²) in [7, 11) is 0. The summed E-state index contributed by atoms with van der Waals surface area (Å²) in [5.74, 6) is 0.0951. The van der Waals surface area contributed by atoms with Crippen molar-refractivity contribution in [1.82, 2.24) is 4.57 Å². The van der Waals surface area contributed by atoms with Gasteiger partial charge in [0, 0.05) is 25.6 Å². The molecule has 10 heteroatoms. The maximum Gasteiger partial charge on any atom is 0.338 e. The second kappa shape index (κ2) is 12.1. The SMILES string of the molecule is CCOC(=O)C1=C(C)N=c2s/c(=C\c3ccccc3OCc3ccc(Cl)cc3Cl)c(=O)n2[C@H]1c1ccc(Br)cc1. The minimum Gasteiger partial charge on any atom is -0.488 e. The van der Waals surface area contributed by atoms with Gasteiger partial charge >= 0.3 is 5.97 Å². The number of halogens is 3. The van der Waals surface area contributed by atoms with Crippen molar-refractivity contribution in [3.05, 3.63) is 129 Å². The molecule has 0 saturated heterocycles. The van der Waals surface area contributed by atoms with Crippen LogP contribution in [0.1, 0.15) is 36.6 Å². The fraction of sp³-hybridized carbons (Fsp3) is 0.167. The standard InChI is InChI=1S/C30H23BrCl2N2O4S/c1-3-38-29(37)26-17(2)34-30-35(27(26)18-8-11-21(31)12-9-18)28(36)25(40-30)14-19-6-4-5-7-24(19)39-16-20-10-13-22(32)15-23(20)33/h4-15,27H,3,16H2,1-2H3/b25-14-/t27-/m0/s1. The molecule has 4 aromatic rings. The molecule has 40 heavy (non-hydrogen) atoms. The molecule has 0 amide bonds. The highest BCUT2D eigenvalue weighted by molar-refractivity contribution is 9.10. The Kier molecular flexibility index (Phi) is 8.61. The third-order valence-corrected chi connectivity index (χ3v) is 8.41. The van der Waals surface area contributed by atoms with E-state index in [4.69, 9.17) is 32.7 Å². The molecule has 2 heterocycles. The second-order valence-electron chi connectivity index (χ2n) is 8.92. The van der Waals surface area contributed by atoms with Crippen molar-refractivity contribution in [2.75, 3.05) is 6.61 Å². The average molecular weight is 658 g/mol. The molecule has 0 saturated carbocycles. The lowest BCUT2D eigenvalue weighted by Crippen LogP contribution is -2.39. The number of nitrogens with zero attached hydrogens (tertiary/aromatic N) is 2. The van der Waals surface area contributed by atoms with Crippen LogP contribution in [0, 0.1) is 0 Å². The number of para-hydroxylation sites is 1. The van der Waals surface area contributed by atoms with Gasteiger partial charge in [0.2, 0.25) is 0 Å². The fourth-order valence-corrected chi connectivity index (χ4v) is 6.18. The monoisotopic (exact) mass is 656 g/mol. The molecule has 1 aromatic heterocycles. The summed E-state index contributed by atoms with van der Waals surface area (Å²) in [5.41, 5.74) is 2.88. The van der Waals surface area contributed by atoms with Crippen LogP contribution in [0.25, 0.3) is 6.08 Å². The van der Waals surface area contributed by atoms with Crippen molar-refractivity contribution in [3.8, 4) is 5.75 Å². The number of carbonyl (C=O) groups excluding carboxylic acids is 1. The number of carbonyl (C=O) groups is 1. The topological polar surface area (TPSA) is 69.9 Å². The number of ether oxygens (including phenoxy) is 2. The number of fused-ring (bicyclic) bond motifs is 1. The molecule has 0 radical (unpaired) electrons. The molecule has 1 atom stereocenters. The van der Waals surface area contributed by atoms with Gasteiger partial charge in [0.25, 0.3) is 5.56 Å². The molecule has 5 rings (SSSR count). The Balaban J connectivity index is 1.59. The van der Waals surface area contributed by atoms with E-state index in [1.165, 1.54) is 11.3 Å². The van der Waals surface area contributed by atoms with Gasteiger partial charge in [0.05, 0.1) is 28.5 Å². The quantitative estimate of drug-likeness (QED) is 0.214. The van der Waals surface area contributed by atoms with Gasteiger partial charge in [-0.2, -0.15) is 0 Å². The van der Waals surface area contributed by atoms with Crippen LogP contribution in [0.5, 0.6) is 5.75 Å². The van der Waals surface area contributed by atoms with E-state index in [-0.39, 0.29) is 18.8 Å². The van der Waals surface area contributed by atoms with Crippen LogP contribution in [0.2, 0.25) is 10.0 Å². The minimum absolute atomic E-state index is 0.213. The summed E-state index contributed by atoms with van der Waals surface area (Å²) in [6.45, 7) is 3.96. The van der Waals surface area contributed by atoms with E-state index in [9.17, 15) is 9.59 Å². The minimum atomic E-state index is -0.677. The summed E-state index contributed by atoms with van der Waals surface area (Å²) in [5, 5.41) is 1.06. The third kappa shape index (κ3) is 5.81. The Hall–Kier alpha value is -3.17. The van der Waals surface area contributed by atoms with E-state index in [0.717, 1.165) is 21.2 Å². The number of esters is 1. The van der Waals surface area contributed by atoms with Crippen molar-refractivity contribution < 1.29 is 14.3 Å². The Bertz CT molecular complexity index is 1810. The van der Waals surface area contributed by atoms with Gasteiger partial charge in [-0.05, 0) is 55.8 Å². The van der Waals surface area contributed by atoms with E-state index in [2.05, 4.69) is 20.9 Å². The molecule has 0 spiro atoms. The molecular formula is C30H23BrCl2N2O4S. The first-order chi connectivity index (χ1) is 19.3. The van der Waals surface area contributed by atoms with Crippen LogP contribution < -0.4 is 19.6 Å². The van der Waals surface area contributed by atoms with Gasteiger partial charge < -0.3 is 9.47 Å². The number of hydrogen-bond donors (Lipinski definition) is 0. The smallest absolute Gasteiger partial charge is 0.338 e. The Morgan fingerprint density at radius 3 is 2.60 bits per heavy atom. The Morgan fingerprint density at radius 1 is 1.12 bits per heavy atom. The molecule has 0 aliphatic carbocycles. The predicted molar refractivity (Wildman–Crippen MR) is 162 cm³/mol. The van der Waals surface area contributed by atoms with E-state index >= 15 is 0 Å². The normalized spacial score (nSPS) is 15.0. The summed E-state index contributed by atoms with van der Waals surface area (Å²) >= 11 is 17.1. The molecule has 1 aliphatic rings. The van der Waals surface area contributed by atoms with Gasteiger partial charge in [-0.3, -0.25) is 9.36 Å². The van der Waals surface area contributed by atoms with Crippen LogP contribution >= 0.6 is 50.5 Å². The van der Waals surface area contributed by atoms with Crippen molar-refractivity contribution >= 4 is 62.5 Å². The zero-order valence-electron chi connectivity index (χ0n) is 21.5. The second-order valence-corrected chi connectivity index (χ2v) is 11.7. The summed E-state index contributed by atoms with van der Waals surface area (Å²) in [4.78, 5) is 32.1. The zero-order valence-corrected chi connectivity index (χ0v) is 25.4. The van der Waals surface area contributed by atoms with Crippen LogP contribution in [0.15, 0.2) is 92.3 Å². The van der Waals surface area contributed by atoms with Crippen molar-refractivity contribution in [2.24, 2.45) is 4.99 Å². The van der Waals surface area contributed by atoms with Gasteiger partial charge in [0.1, 0.15) is 12.4 Å². The van der Waals surface area contributed by atoms with Crippen molar-refractivity contribution in [3.63, 3.8) is 0 Å². The van der Waals surface area contributed by atoms with Crippen LogP contribution in [-0.2, 0) is 16.1 Å². The molecule has 3 aromatic carbocycles. The maximum absolute atomic E-state index is 13.9. The van der Waals surface area contributed by atoms with Gasteiger partial charge in [-0.15, -0.1) is 0 Å². The van der Waals surface area contributed by atoms with E-state index < -0.39 is 12.0 Å². The van der Waals surface area contributed by atoms with E-state index in [1.807, 2.05) is 54.6 Å². The molecule has 0 N–H and O–H groups in total. The highest BCUT2D eigenvalue weighted by Gasteiger charge is 2.33. The Morgan fingerprint density at radius 2 is 1.88 bits per heavy atom. The highest BCUT2D eigenvalue weighted by Crippen LogP contribution is 2.31. The van der Waals surface area contributed by atoms with Gasteiger partial charge in [-0.1, -0.05) is 86.9 Å².